The van der Waals surface area contributed by atoms with Gasteiger partial charge in [0.05, 0.1) is 11.5 Å². The first-order valence-electron chi connectivity index (χ1n) is 9.59. The fourth-order valence-electron chi connectivity index (χ4n) is 7.34. The molecule has 0 amide bonds. The lowest BCUT2D eigenvalue weighted by Crippen LogP contribution is -2.60. The summed E-state index contributed by atoms with van der Waals surface area (Å²) in [5.41, 5.74) is 1.15. The van der Waals surface area contributed by atoms with Crippen molar-refractivity contribution in [2.75, 3.05) is 0 Å². The Morgan fingerprint density at radius 2 is 2.00 bits per heavy atom. The standard InChI is InChI=1S/C21H28O4/c1-10-8-20-12(3)7-14-15(19(14,4)5)13(16(20)22)6-11(2)17-21(20,9-10)25-18(23)24-17/h6,8,12-17,22H,7,9H2,1-5H3. The number of rotatable bonds is 0. The molecule has 0 radical (unpaired) electrons. The zero-order valence-electron chi connectivity index (χ0n) is 15.7. The molecule has 1 heterocycles. The third kappa shape index (κ3) is 1.57. The lowest BCUT2D eigenvalue weighted by molar-refractivity contribution is -0.136. The van der Waals surface area contributed by atoms with Crippen LogP contribution in [0.5, 0.6) is 0 Å². The predicted molar refractivity (Wildman–Crippen MR) is 92.7 cm³/mol. The fraction of sp³-hybridized carbons (Fsp3) is 0.762. The van der Waals surface area contributed by atoms with Crippen molar-refractivity contribution in [1.82, 2.24) is 0 Å². The predicted octanol–water partition coefficient (Wildman–Crippen LogP) is 3.85. The van der Waals surface area contributed by atoms with Crippen molar-refractivity contribution in [3.05, 3.63) is 23.3 Å². The van der Waals surface area contributed by atoms with Gasteiger partial charge < -0.3 is 14.6 Å². The number of carbonyl (C=O) groups is 1. The zero-order chi connectivity index (χ0) is 17.9. The molecule has 0 aromatic rings. The van der Waals surface area contributed by atoms with Crippen LogP contribution in [0.2, 0.25) is 0 Å². The Bertz CT molecular complexity index is 734. The number of ether oxygens (including phenoxy) is 2. The number of carbonyl (C=O) groups excluding carboxylic acids is 1. The van der Waals surface area contributed by atoms with E-state index in [0.29, 0.717) is 18.3 Å². The lowest BCUT2D eigenvalue weighted by Gasteiger charge is -2.49. The molecule has 25 heavy (non-hydrogen) atoms. The van der Waals surface area contributed by atoms with Crippen LogP contribution in [0.25, 0.3) is 0 Å². The molecule has 4 aliphatic carbocycles. The van der Waals surface area contributed by atoms with Crippen LogP contribution in [0.3, 0.4) is 0 Å². The number of aliphatic hydroxyl groups is 1. The Morgan fingerprint density at radius 1 is 1.28 bits per heavy atom. The molecule has 2 saturated carbocycles. The van der Waals surface area contributed by atoms with E-state index in [-0.39, 0.29) is 17.3 Å². The van der Waals surface area contributed by atoms with Gasteiger partial charge in [-0.05, 0) is 49.0 Å². The van der Waals surface area contributed by atoms with Crippen LogP contribution in [0.4, 0.5) is 4.79 Å². The first-order chi connectivity index (χ1) is 11.6. The van der Waals surface area contributed by atoms with Crippen molar-refractivity contribution in [3.8, 4) is 0 Å². The van der Waals surface area contributed by atoms with E-state index in [2.05, 4.69) is 39.8 Å². The molecule has 4 heteroatoms. The molecule has 0 aromatic carbocycles. The molecule has 8 atom stereocenters. The second-order valence-electron chi connectivity index (χ2n) is 9.86. The largest absolute Gasteiger partial charge is 0.509 e. The summed E-state index contributed by atoms with van der Waals surface area (Å²) in [6, 6.07) is 0. The topological polar surface area (TPSA) is 55.8 Å². The van der Waals surface area contributed by atoms with Gasteiger partial charge in [0.15, 0.2) is 11.7 Å². The molecule has 1 saturated heterocycles. The average molecular weight is 344 g/mol. The van der Waals surface area contributed by atoms with Crippen molar-refractivity contribution in [1.29, 1.82) is 0 Å². The Hall–Kier alpha value is -1.29. The molecule has 2 bridgehead atoms. The minimum atomic E-state index is -0.788. The van der Waals surface area contributed by atoms with Gasteiger partial charge in [-0.2, -0.15) is 0 Å². The van der Waals surface area contributed by atoms with Crippen LogP contribution in [-0.2, 0) is 9.47 Å². The molecule has 8 unspecified atom stereocenters. The molecule has 1 N–H and O–H groups in total. The number of hydrogen-bond acceptors (Lipinski definition) is 4. The maximum atomic E-state index is 12.2. The van der Waals surface area contributed by atoms with Crippen LogP contribution in [0, 0.1) is 34.5 Å². The van der Waals surface area contributed by atoms with E-state index in [4.69, 9.17) is 9.47 Å². The summed E-state index contributed by atoms with van der Waals surface area (Å²) in [6.07, 6.45) is 4.62. The van der Waals surface area contributed by atoms with E-state index in [1.54, 1.807) is 0 Å². The zero-order valence-corrected chi connectivity index (χ0v) is 15.7. The van der Waals surface area contributed by atoms with Crippen molar-refractivity contribution >= 4 is 6.16 Å². The van der Waals surface area contributed by atoms with E-state index in [9.17, 15) is 9.90 Å². The van der Waals surface area contributed by atoms with E-state index in [0.717, 1.165) is 12.0 Å². The Kier molecular flexibility index (Phi) is 2.76. The SMILES string of the molecule is CC1=CC23C(C)CC4C(C(C=C(C)C5OC(=O)OC52C1)C3O)C4(C)C. The monoisotopic (exact) mass is 344 g/mol. The smallest absolute Gasteiger partial charge is 0.422 e. The summed E-state index contributed by atoms with van der Waals surface area (Å²) in [4.78, 5) is 12.2. The molecular formula is C21H28O4. The maximum Gasteiger partial charge on any atom is 0.509 e. The van der Waals surface area contributed by atoms with Gasteiger partial charge in [0.25, 0.3) is 0 Å². The molecule has 0 aromatic heterocycles. The first-order valence-corrected chi connectivity index (χ1v) is 9.59. The minimum absolute atomic E-state index is 0.0943. The molecular weight excluding hydrogens is 316 g/mol. The van der Waals surface area contributed by atoms with Gasteiger partial charge in [0.1, 0.15) is 0 Å². The quantitative estimate of drug-likeness (QED) is 0.536. The third-order valence-corrected chi connectivity index (χ3v) is 8.36. The van der Waals surface area contributed by atoms with E-state index >= 15 is 0 Å². The highest BCUT2D eigenvalue weighted by molar-refractivity contribution is 5.66. The van der Waals surface area contributed by atoms with Crippen LogP contribution < -0.4 is 0 Å². The summed E-state index contributed by atoms with van der Waals surface area (Å²) >= 11 is 0. The second-order valence-corrected chi connectivity index (χ2v) is 9.86. The molecule has 136 valence electrons. The van der Waals surface area contributed by atoms with Crippen molar-refractivity contribution in [2.45, 2.75) is 65.3 Å². The van der Waals surface area contributed by atoms with Gasteiger partial charge in [0.2, 0.25) is 0 Å². The van der Waals surface area contributed by atoms with Gasteiger partial charge in [-0.25, -0.2) is 4.79 Å². The summed E-state index contributed by atoms with van der Waals surface area (Å²) in [5, 5.41) is 11.7. The second kappa shape index (κ2) is 4.33. The van der Waals surface area contributed by atoms with Crippen LogP contribution in [-0.4, -0.2) is 29.1 Å². The molecule has 5 rings (SSSR count). The number of hydrogen-bond donors (Lipinski definition) is 1. The lowest BCUT2D eigenvalue weighted by atomic mass is 9.58. The summed E-state index contributed by atoms with van der Waals surface area (Å²) in [7, 11) is 0. The van der Waals surface area contributed by atoms with E-state index in [1.165, 1.54) is 5.57 Å². The van der Waals surface area contributed by atoms with Gasteiger partial charge in [0, 0.05) is 12.3 Å². The van der Waals surface area contributed by atoms with Gasteiger partial charge in [-0.3, -0.25) is 0 Å². The Balaban J connectivity index is 1.77. The van der Waals surface area contributed by atoms with Gasteiger partial charge >= 0.3 is 6.16 Å². The van der Waals surface area contributed by atoms with Gasteiger partial charge in [-0.1, -0.05) is 38.5 Å². The minimum Gasteiger partial charge on any atom is -0.422 e. The van der Waals surface area contributed by atoms with E-state index in [1.807, 2.05) is 6.92 Å². The Labute approximate surface area is 149 Å². The highest BCUT2D eigenvalue weighted by Crippen LogP contribution is 2.73. The average Bonchev–Trinajstić information content (AvgIpc) is 2.81. The third-order valence-electron chi connectivity index (χ3n) is 8.36. The normalized spacial score (nSPS) is 54.7. The van der Waals surface area contributed by atoms with Crippen LogP contribution >= 0.6 is 0 Å². The Morgan fingerprint density at radius 3 is 2.72 bits per heavy atom. The van der Waals surface area contributed by atoms with Gasteiger partial charge in [-0.15, -0.1) is 0 Å². The molecule has 1 aliphatic heterocycles. The highest BCUT2D eigenvalue weighted by atomic mass is 16.8. The van der Waals surface area contributed by atoms with Crippen molar-refractivity contribution in [2.24, 2.45) is 34.5 Å². The number of aliphatic hydroxyl groups excluding tert-OH is 1. The first kappa shape index (κ1) is 15.9. The molecule has 4 nitrogen and oxygen atoms in total. The molecule has 3 fully saturated rings. The van der Waals surface area contributed by atoms with Crippen LogP contribution in [0.1, 0.15) is 47.5 Å². The van der Waals surface area contributed by atoms with Crippen molar-refractivity contribution < 1.29 is 19.4 Å². The summed E-state index contributed by atoms with van der Waals surface area (Å²) < 4.78 is 11.6. The summed E-state index contributed by atoms with van der Waals surface area (Å²) in [6.45, 7) is 11.0. The number of fused-ring (bicyclic) bond motifs is 3. The molecule has 5 aliphatic rings. The molecule has 2 spiro atoms. The van der Waals surface area contributed by atoms with E-state index < -0.39 is 29.4 Å². The maximum absolute atomic E-state index is 12.2. The highest BCUT2D eigenvalue weighted by Gasteiger charge is 2.76. The summed E-state index contributed by atoms with van der Waals surface area (Å²) in [5.74, 6) is 1.43. The van der Waals surface area contributed by atoms with Crippen molar-refractivity contribution in [3.63, 3.8) is 0 Å². The van der Waals surface area contributed by atoms with Crippen LogP contribution in [0.15, 0.2) is 23.3 Å². The fourth-order valence-corrected chi connectivity index (χ4v) is 7.34.